The van der Waals surface area contributed by atoms with Crippen LogP contribution in [0.25, 0.3) is 10.2 Å². The Bertz CT molecular complexity index is 1140. The number of nitrogen functional groups attached to an aromatic ring is 1. The van der Waals surface area contributed by atoms with Crippen molar-refractivity contribution in [3.63, 3.8) is 0 Å². The number of nitro benzene ring substituents is 1. The minimum Gasteiger partial charge on any atom is -0.383 e. The number of carbonyl (C=O) groups excluding carboxylic acids is 1. The minimum absolute atomic E-state index is 0.0473. The number of carbonyl (C=O) groups is 1. The zero-order valence-electron chi connectivity index (χ0n) is 16.0. The normalized spacial score (nSPS) is 13.5. The van der Waals surface area contributed by atoms with Crippen molar-refractivity contribution >= 4 is 56.4 Å². The number of amides is 1. The summed E-state index contributed by atoms with van der Waals surface area (Å²) in [4.78, 5) is 36.0. The van der Waals surface area contributed by atoms with Crippen LogP contribution in [-0.4, -0.2) is 33.1 Å². The third-order valence-electron chi connectivity index (χ3n) is 5.05. The van der Waals surface area contributed by atoms with Crippen molar-refractivity contribution in [3.05, 3.63) is 44.3 Å². The van der Waals surface area contributed by atoms with Crippen molar-refractivity contribution in [1.29, 1.82) is 0 Å². The summed E-state index contributed by atoms with van der Waals surface area (Å²) in [5.74, 6) is 0.526. The number of hydrogen-bond donors (Lipinski definition) is 1. The van der Waals surface area contributed by atoms with Gasteiger partial charge in [-0.3, -0.25) is 14.9 Å². The van der Waals surface area contributed by atoms with Crippen LogP contribution in [0.2, 0.25) is 0 Å². The number of aromatic nitrogens is 2. The molecule has 150 valence electrons. The van der Waals surface area contributed by atoms with Gasteiger partial charge in [0.1, 0.15) is 10.6 Å². The molecule has 0 saturated heterocycles. The second-order valence-electron chi connectivity index (χ2n) is 6.86. The second kappa shape index (κ2) is 7.60. The van der Waals surface area contributed by atoms with Gasteiger partial charge in [-0.05, 0) is 43.9 Å². The molecular formula is C19H19N5O3S2. The van der Waals surface area contributed by atoms with Gasteiger partial charge in [0.15, 0.2) is 5.16 Å². The zero-order chi connectivity index (χ0) is 20.7. The number of fused-ring (bicyclic) bond motifs is 2. The lowest BCUT2D eigenvalue weighted by Gasteiger charge is -2.29. The number of nitrogens with zero attached hydrogens (tertiary/aromatic N) is 4. The SMILES string of the molecule is Cc1sc2nc(SCC(=O)N3CCCc4cc([N+](=O)[O-])ccc43)nc(N)c2c1C. The molecule has 3 heterocycles. The zero-order valence-corrected chi connectivity index (χ0v) is 17.6. The van der Waals surface area contributed by atoms with E-state index >= 15 is 0 Å². The maximum atomic E-state index is 12.8. The van der Waals surface area contributed by atoms with E-state index in [4.69, 9.17) is 5.73 Å². The Labute approximate surface area is 175 Å². The number of thioether (sulfide) groups is 1. The Morgan fingerprint density at radius 1 is 1.38 bits per heavy atom. The Morgan fingerprint density at radius 2 is 2.17 bits per heavy atom. The smallest absolute Gasteiger partial charge is 0.269 e. The quantitative estimate of drug-likeness (QED) is 0.290. The summed E-state index contributed by atoms with van der Waals surface area (Å²) in [6.45, 7) is 4.62. The van der Waals surface area contributed by atoms with Crippen LogP contribution < -0.4 is 10.6 Å². The van der Waals surface area contributed by atoms with Crippen molar-refractivity contribution in [3.8, 4) is 0 Å². The average Bonchev–Trinajstić information content (AvgIpc) is 2.99. The van der Waals surface area contributed by atoms with Crippen LogP contribution in [0.4, 0.5) is 17.2 Å². The molecule has 0 aliphatic carbocycles. The highest BCUT2D eigenvalue weighted by atomic mass is 32.2. The van der Waals surface area contributed by atoms with E-state index in [0.717, 1.165) is 44.7 Å². The molecule has 3 aromatic rings. The molecule has 0 spiro atoms. The number of nitrogens with two attached hydrogens (primary N) is 1. The predicted molar refractivity (Wildman–Crippen MR) is 116 cm³/mol. The molecule has 4 rings (SSSR count). The minimum atomic E-state index is -0.414. The fourth-order valence-corrected chi connectivity index (χ4v) is 5.31. The molecular weight excluding hydrogens is 410 g/mol. The third kappa shape index (κ3) is 3.65. The van der Waals surface area contributed by atoms with Crippen molar-refractivity contribution in [2.45, 2.75) is 31.8 Å². The van der Waals surface area contributed by atoms with Crippen LogP contribution in [0.3, 0.4) is 0 Å². The maximum Gasteiger partial charge on any atom is 0.269 e. The standard InChI is InChI=1S/C19H19N5O3S2/c1-10-11(2)29-18-16(10)17(20)21-19(22-18)28-9-15(25)23-7-3-4-12-8-13(24(26)27)5-6-14(12)23/h5-6,8H,3-4,7,9H2,1-2H3,(H2,20,21,22). The summed E-state index contributed by atoms with van der Waals surface area (Å²) in [6.07, 6.45) is 1.50. The number of non-ortho nitro benzene ring substituents is 1. The molecule has 0 radical (unpaired) electrons. The lowest BCUT2D eigenvalue weighted by molar-refractivity contribution is -0.384. The van der Waals surface area contributed by atoms with Gasteiger partial charge in [-0.25, -0.2) is 9.97 Å². The van der Waals surface area contributed by atoms with Crippen LogP contribution in [0.5, 0.6) is 0 Å². The van der Waals surface area contributed by atoms with E-state index in [1.807, 2.05) is 13.8 Å². The van der Waals surface area contributed by atoms with E-state index in [2.05, 4.69) is 9.97 Å². The largest absolute Gasteiger partial charge is 0.383 e. The van der Waals surface area contributed by atoms with Crippen LogP contribution in [0, 0.1) is 24.0 Å². The predicted octanol–water partition coefficient (Wildman–Crippen LogP) is 3.87. The highest BCUT2D eigenvalue weighted by Gasteiger charge is 2.25. The number of anilines is 2. The first kappa shape index (κ1) is 19.6. The van der Waals surface area contributed by atoms with E-state index < -0.39 is 4.92 Å². The molecule has 1 aliphatic heterocycles. The number of rotatable bonds is 4. The third-order valence-corrected chi connectivity index (χ3v) is 6.99. The topological polar surface area (TPSA) is 115 Å². The second-order valence-corrected chi connectivity index (χ2v) is 9.01. The van der Waals surface area contributed by atoms with Gasteiger partial charge in [-0.2, -0.15) is 0 Å². The molecule has 10 heteroatoms. The highest BCUT2D eigenvalue weighted by molar-refractivity contribution is 7.99. The lowest BCUT2D eigenvalue weighted by atomic mass is 10.0. The molecule has 2 aromatic heterocycles. The fourth-order valence-electron chi connectivity index (χ4n) is 3.49. The number of hydrogen-bond acceptors (Lipinski definition) is 8. The first-order valence-corrected chi connectivity index (χ1v) is 10.9. The maximum absolute atomic E-state index is 12.8. The molecule has 0 bridgehead atoms. The summed E-state index contributed by atoms with van der Waals surface area (Å²) in [6, 6.07) is 4.66. The van der Waals surface area contributed by atoms with Crippen molar-refractivity contribution in [1.82, 2.24) is 9.97 Å². The number of thiophene rings is 1. The molecule has 1 aromatic carbocycles. The molecule has 0 atom stereocenters. The molecule has 1 aliphatic rings. The summed E-state index contributed by atoms with van der Waals surface area (Å²) >= 11 is 2.82. The summed E-state index contributed by atoms with van der Waals surface area (Å²) in [7, 11) is 0. The Morgan fingerprint density at radius 3 is 2.93 bits per heavy atom. The number of aryl methyl sites for hydroxylation is 3. The van der Waals surface area contributed by atoms with E-state index in [9.17, 15) is 14.9 Å². The van der Waals surface area contributed by atoms with Crippen LogP contribution >= 0.6 is 23.1 Å². The molecule has 0 saturated carbocycles. The highest BCUT2D eigenvalue weighted by Crippen LogP contribution is 2.34. The average molecular weight is 430 g/mol. The van der Waals surface area contributed by atoms with E-state index in [-0.39, 0.29) is 17.3 Å². The Kier molecular flexibility index (Phi) is 5.13. The van der Waals surface area contributed by atoms with Crippen molar-refractivity contribution < 1.29 is 9.72 Å². The molecule has 2 N–H and O–H groups in total. The summed E-state index contributed by atoms with van der Waals surface area (Å²) < 4.78 is 0. The van der Waals surface area contributed by atoms with E-state index in [0.29, 0.717) is 17.5 Å². The van der Waals surface area contributed by atoms with Crippen LogP contribution in [0.15, 0.2) is 23.4 Å². The van der Waals surface area contributed by atoms with Gasteiger partial charge >= 0.3 is 0 Å². The first-order valence-electron chi connectivity index (χ1n) is 9.09. The molecule has 29 heavy (non-hydrogen) atoms. The van der Waals surface area contributed by atoms with Crippen LogP contribution in [-0.2, 0) is 11.2 Å². The molecule has 8 nitrogen and oxygen atoms in total. The van der Waals surface area contributed by atoms with Crippen LogP contribution in [0.1, 0.15) is 22.4 Å². The van der Waals surface area contributed by atoms with E-state index in [1.165, 1.54) is 17.8 Å². The molecule has 1 amide bonds. The lowest BCUT2D eigenvalue weighted by Crippen LogP contribution is -2.36. The van der Waals surface area contributed by atoms with Gasteiger partial charge in [-0.1, -0.05) is 11.8 Å². The summed E-state index contributed by atoms with van der Waals surface area (Å²) in [5.41, 5.74) is 8.83. The van der Waals surface area contributed by atoms with Crippen molar-refractivity contribution in [2.75, 3.05) is 22.9 Å². The van der Waals surface area contributed by atoms with Crippen molar-refractivity contribution in [2.24, 2.45) is 0 Å². The van der Waals surface area contributed by atoms with Gasteiger partial charge in [0.05, 0.1) is 16.1 Å². The Balaban J connectivity index is 1.52. The number of nitro groups is 1. The number of benzene rings is 1. The summed E-state index contributed by atoms with van der Waals surface area (Å²) in [5, 5.41) is 12.4. The van der Waals surface area contributed by atoms with Gasteiger partial charge in [0, 0.05) is 29.2 Å². The monoisotopic (exact) mass is 429 g/mol. The fraction of sp³-hybridized carbons (Fsp3) is 0.316. The molecule has 0 unspecified atom stereocenters. The van der Waals surface area contributed by atoms with Gasteiger partial charge in [0.2, 0.25) is 5.91 Å². The van der Waals surface area contributed by atoms with Gasteiger partial charge in [0.25, 0.3) is 5.69 Å². The molecule has 0 fully saturated rings. The van der Waals surface area contributed by atoms with E-state index in [1.54, 1.807) is 28.4 Å². The Hall–Kier alpha value is -2.72. The van der Waals surface area contributed by atoms with Gasteiger partial charge in [-0.15, -0.1) is 11.3 Å². The first-order chi connectivity index (χ1) is 13.8. The van der Waals surface area contributed by atoms with Gasteiger partial charge < -0.3 is 10.6 Å².